The number of carbonyl (C=O) groups excluding carboxylic acids is 1. The lowest BCUT2D eigenvalue weighted by molar-refractivity contribution is -0.117. The highest BCUT2D eigenvalue weighted by Crippen LogP contribution is 2.12. The number of likely N-dealkylation sites (N-methyl/N-ethyl adjacent to an activating group) is 1. The van der Waals surface area contributed by atoms with Gasteiger partial charge in [-0.3, -0.25) is 14.3 Å². The Labute approximate surface area is 152 Å². The Hall–Kier alpha value is -2.42. The molecule has 140 valence electrons. The van der Waals surface area contributed by atoms with Gasteiger partial charge in [0, 0.05) is 6.54 Å². The van der Waals surface area contributed by atoms with Gasteiger partial charge >= 0.3 is 0 Å². The number of nitrogens with zero attached hydrogens (tertiary/aromatic N) is 2. The van der Waals surface area contributed by atoms with E-state index in [9.17, 15) is 9.59 Å². The van der Waals surface area contributed by atoms with E-state index in [4.69, 9.17) is 4.74 Å². The maximum atomic E-state index is 12.9. The first-order valence-electron chi connectivity index (χ1n) is 8.77. The fourth-order valence-corrected chi connectivity index (χ4v) is 2.85. The van der Waals surface area contributed by atoms with Crippen LogP contribution in [0.2, 0.25) is 0 Å². The smallest absolute Gasteiger partial charge is 0.290 e. The Morgan fingerprint density at radius 1 is 1.38 bits per heavy atom. The van der Waals surface area contributed by atoms with Crippen LogP contribution in [0.5, 0.6) is 0 Å². The number of morpholine rings is 1. The van der Waals surface area contributed by atoms with Crippen LogP contribution >= 0.6 is 0 Å². The maximum Gasteiger partial charge on any atom is 0.290 e. The van der Waals surface area contributed by atoms with Crippen LogP contribution in [-0.2, 0) is 16.1 Å². The standard InChI is InChI=1S/C18H25N5O3/c1-13(19-2)17(24)21-16-11-22(15-6-4-3-5-7-15)23(18(16)25)10-14-12-26-9-8-20-14/h3-7,11,13-14,19-20H,8-10,12H2,1-2H3,(H,21,24). The second kappa shape index (κ2) is 8.31. The molecule has 1 amide bonds. The third-order valence-corrected chi connectivity index (χ3v) is 4.47. The SMILES string of the molecule is CNC(C)C(=O)Nc1cn(-c2ccccc2)n(CC2COCCN2)c1=O. The fourth-order valence-electron chi connectivity index (χ4n) is 2.85. The van der Waals surface area contributed by atoms with Crippen LogP contribution in [-0.4, -0.2) is 54.2 Å². The van der Waals surface area contributed by atoms with Crippen molar-refractivity contribution in [2.75, 3.05) is 32.1 Å². The second-order valence-corrected chi connectivity index (χ2v) is 6.34. The molecule has 0 bridgehead atoms. The van der Waals surface area contributed by atoms with E-state index in [1.807, 2.05) is 30.3 Å². The van der Waals surface area contributed by atoms with Gasteiger partial charge in [-0.05, 0) is 26.1 Å². The molecule has 2 aromatic rings. The van der Waals surface area contributed by atoms with Crippen LogP contribution in [0, 0.1) is 0 Å². The fraction of sp³-hybridized carbons (Fsp3) is 0.444. The van der Waals surface area contributed by atoms with Crippen molar-refractivity contribution >= 4 is 11.6 Å². The van der Waals surface area contributed by atoms with Crippen LogP contribution in [0.15, 0.2) is 41.3 Å². The minimum atomic E-state index is -0.392. The molecular formula is C18H25N5O3. The van der Waals surface area contributed by atoms with Gasteiger partial charge in [-0.25, -0.2) is 4.68 Å². The highest BCUT2D eigenvalue weighted by atomic mass is 16.5. The van der Waals surface area contributed by atoms with E-state index in [0.717, 1.165) is 12.2 Å². The van der Waals surface area contributed by atoms with Gasteiger partial charge in [-0.1, -0.05) is 18.2 Å². The highest BCUT2D eigenvalue weighted by Gasteiger charge is 2.21. The number of rotatable bonds is 6. The van der Waals surface area contributed by atoms with E-state index in [2.05, 4.69) is 16.0 Å². The largest absolute Gasteiger partial charge is 0.378 e. The van der Waals surface area contributed by atoms with Crippen LogP contribution in [0.4, 0.5) is 5.69 Å². The molecule has 2 heterocycles. The highest BCUT2D eigenvalue weighted by molar-refractivity contribution is 5.94. The van der Waals surface area contributed by atoms with Gasteiger partial charge in [0.1, 0.15) is 5.69 Å². The van der Waals surface area contributed by atoms with Crippen LogP contribution in [0.1, 0.15) is 6.92 Å². The molecule has 1 fully saturated rings. The van der Waals surface area contributed by atoms with E-state index in [-0.39, 0.29) is 23.2 Å². The number of aromatic nitrogens is 2. The van der Waals surface area contributed by atoms with Crippen molar-refractivity contribution in [1.29, 1.82) is 0 Å². The first kappa shape index (κ1) is 18.4. The first-order valence-corrected chi connectivity index (χ1v) is 8.77. The van der Waals surface area contributed by atoms with Gasteiger partial charge in [-0.2, -0.15) is 0 Å². The molecule has 3 N–H and O–H groups in total. The molecule has 2 unspecified atom stereocenters. The lowest BCUT2D eigenvalue weighted by Gasteiger charge is -2.25. The van der Waals surface area contributed by atoms with Crippen LogP contribution < -0.4 is 21.5 Å². The Morgan fingerprint density at radius 3 is 2.81 bits per heavy atom. The number of ether oxygens (including phenoxy) is 1. The molecule has 3 rings (SSSR count). The molecular weight excluding hydrogens is 334 g/mol. The summed E-state index contributed by atoms with van der Waals surface area (Å²) in [6.07, 6.45) is 1.67. The number of anilines is 1. The molecule has 0 radical (unpaired) electrons. The normalized spacial score (nSPS) is 18.5. The summed E-state index contributed by atoms with van der Waals surface area (Å²) in [5.41, 5.74) is 0.874. The van der Waals surface area contributed by atoms with Gasteiger partial charge in [0.2, 0.25) is 5.91 Å². The third-order valence-electron chi connectivity index (χ3n) is 4.47. The number of hydrogen-bond donors (Lipinski definition) is 3. The molecule has 0 spiro atoms. The molecule has 2 atom stereocenters. The van der Waals surface area contributed by atoms with Crippen molar-refractivity contribution in [2.24, 2.45) is 0 Å². The van der Waals surface area contributed by atoms with E-state index < -0.39 is 6.04 Å². The van der Waals surface area contributed by atoms with Crippen molar-refractivity contribution < 1.29 is 9.53 Å². The molecule has 1 aliphatic rings. The van der Waals surface area contributed by atoms with Crippen molar-refractivity contribution in [3.63, 3.8) is 0 Å². The average molecular weight is 359 g/mol. The second-order valence-electron chi connectivity index (χ2n) is 6.34. The quantitative estimate of drug-likeness (QED) is 0.684. The number of carbonyl (C=O) groups is 1. The van der Waals surface area contributed by atoms with E-state index in [1.54, 1.807) is 29.5 Å². The summed E-state index contributed by atoms with van der Waals surface area (Å²) in [7, 11) is 1.70. The Balaban J connectivity index is 1.94. The zero-order valence-corrected chi connectivity index (χ0v) is 15.1. The molecule has 1 aliphatic heterocycles. The summed E-state index contributed by atoms with van der Waals surface area (Å²) in [5.74, 6) is -0.249. The minimum absolute atomic E-state index is 0.0404. The van der Waals surface area contributed by atoms with Crippen molar-refractivity contribution in [3.05, 3.63) is 46.9 Å². The molecule has 0 aliphatic carbocycles. The van der Waals surface area contributed by atoms with Crippen molar-refractivity contribution in [1.82, 2.24) is 20.0 Å². The summed E-state index contributed by atoms with van der Waals surface area (Å²) in [6.45, 7) is 4.17. The van der Waals surface area contributed by atoms with Gasteiger partial charge in [0.15, 0.2) is 0 Å². The van der Waals surface area contributed by atoms with E-state index in [1.165, 1.54) is 0 Å². The summed E-state index contributed by atoms with van der Waals surface area (Å²) in [4.78, 5) is 25.1. The Morgan fingerprint density at radius 2 is 2.15 bits per heavy atom. The van der Waals surface area contributed by atoms with E-state index >= 15 is 0 Å². The molecule has 1 aromatic carbocycles. The summed E-state index contributed by atoms with van der Waals surface area (Å²) in [5, 5.41) is 8.95. The van der Waals surface area contributed by atoms with Crippen molar-refractivity contribution in [2.45, 2.75) is 25.6 Å². The number of amides is 1. The Bertz CT molecular complexity index is 793. The number of para-hydroxylation sites is 1. The molecule has 1 saturated heterocycles. The Kier molecular flexibility index (Phi) is 5.87. The zero-order valence-electron chi connectivity index (χ0n) is 15.1. The molecule has 8 nitrogen and oxygen atoms in total. The number of nitrogens with one attached hydrogen (secondary N) is 3. The third kappa shape index (κ3) is 4.04. The number of hydrogen-bond acceptors (Lipinski definition) is 5. The topological polar surface area (TPSA) is 89.3 Å². The van der Waals surface area contributed by atoms with Crippen LogP contribution in [0.25, 0.3) is 5.69 Å². The van der Waals surface area contributed by atoms with E-state index in [0.29, 0.717) is 19.8 Å². The minimum Gasteiger partial charge on any atom is -0.378 e. The van der Waals surface area contributed by atoms with Gasteiger partial charge in [0.25, 0.3) is 5.56 Å². The molecule has 0 saturated carbocycles. The predicted octanol–water partition coefficient (Wildman–Crippen LogP) is 0.174. The van der Waals surface area contributed by atoms with Gasteiger partial charge in [-0.15, -0.1) is 0 Å². The predicted molar refractivity (Wildman–Crippen MR) is 99.8 cm³/mol. The molecule has 1 aromatic heterocycles. The van der Waals surface area contributed by atoms with Gasteiger partial charge in [0.05, 0.1) is 43.7 Å². The lowest BCUT2D eigenvalue weighted by Crippen LogP contribution is -2.46. The lowest BCUT2D eigenvalue weighted by atomic mass is 10.3. The molecule has 26 heavy (non-hydrogen) atoms. The van der Waals surface area contributed by atoms with Crippen LogP contribution in [0.3, 0.4) is 0 Å². The van der Waals surface area contributed by atoms with Crippen molar-refractivity contribution in [3.8, 4) is 5.69 Å². The summed E-state index contributed by atoms with van der Waals surface area (Å²) in [6, 6.07) is 9.23. The van der Waals surface area contributed by atoms with Gasteiger partial charge < -0.3 is 20.7 Å². The average Bonchev–Trinajstić information content (AvgIpc) is 2.98. The first-order chi connectivity index (χ1) is 12.6. The number of benzene rings is 1. The summed E-state index contributed by atoms with van der Waals surface area (Å²) < 4.78 is 8.89. The monoisotopic (exact) mass is 359 g/mol. The zero-order chi connectivity index (χ0) is 18.5. The summed E-state index contributed by atoms with van der Waals surface area (Å²) >= 11 is 0. The molecule has 8 heteroatoms. The maximum absolute atomic E-state index is 12.9.